The summed E-state index contributed by atoms with van der Waals surface area (Å²) in [5.74, 6) is -0.402. The Balaban J connectivity index is 2.93. The minimum Gasteiger partial charge on any atom is -0.507 e. The van der Waals surface area contributed by atoms with Gasteiger partial charge in [-0.1, -0.05) is 11.6 Å². The average Bonchev–Trinajstić information content (AvgIpc) is 2.23. The van der Waals surface area contributed by atoms with Crippen LogP contribution in [0, 0.1) is 6.92 Å². The number of aromatic hydroxyl groups is 1. The first-order chi connectivity index (χ1) is 7.45. The number of aryl methyl sites for hydroxylation is 1. The van der Waals surface area contributed by atoms with Crippen LogP contribution < -0.4 is 5.73 Å². The van der Waals surface area contributed by atoms with Crippen molar-refractivity contribution in [3.8, 4) is 5.75 Å². The highest BCUT2D eigenvalue weighted by Crippen LogP contribution is 2.27. The first kappa shape index (κ1) is 12.8. The highest BCUT2D eigenvalue weighted by atomic mass is 35.5. The van der Waals surface area contributed by atoms with E-state index in [-0.39, 0.29) is 12.2 Å². The summed E-state index contributed by atoms with van der Waals surface area (Å²) < 4.78 is 4.51. The van der Waals surface area contributed by atoms with E-state index in [1.54, 1.807) is 19.1 Å². The van der Waals surface area contributed by atoms with E-state index in [4.69, 9.17) is 17.3 Å². The van der Waals surface area contributed by atoms with Gasteiger partial charge in [0.25, 0.3) is 0 Å². The number of carbonyl (C=O) groups excluding carboxylic acids is 1. The second-order valence-corrected chi connectivity index (χ2v) is 4.00. The van der Waals surface area contributed by atoms with Crippen molar-refractivity contribution in [2.24, 2.45) is 5.73 Å². The molecule has 16 heavy (non-hydrogen) atoms. The van der Waals surface area contributed by atoms with Gasteiger partial charge in [-0.3, -0.25) is 4.79 Å². The first-order valence-electron chi connectivity index (χ1n) is 4.77. The molecule has 0 aliphatic carbocycles. The fraction of sp³-hybridized carbons (Fsp3) is 0.364. The Kier molecular flexibility index (Phi) is 4.15. The molecule has 5 heteroatoms. The SMILES string of the molecule is COC(=O)C(N)Cc1cc(Cl)cc(C)c1O. The number of ether oxygens (including phenoxy) is 1. The monoisotopic (exact) mass is 243 g/mol. The molecular weight excluding hydrogens is 230 g/mol. The van der Waals surface area contributed by atoms with Gasteiger partial charge in [-0.25, -0.2) is 0 Å². The average molecular weight is 244 g/mol. The Morgan fingerprint density at radius 1 is 1.62 bits per heavy atom. The van der Waals surface area contributed by atoms with Crippen molar-refractivity contribution < 1.29 is 14.6 Å². The van der Waals surface area contributed by atoms with Crippen LogP contribution >= 0.6 is 11.6 Å². The van der Waals surface area contributed by atoms with E-state index < -0.39 is 12.0 Å². The molecule has 1 atom stereocenters. The zero-order chi connectivity index (χ0) is 12.3. The van der Waals surface area contributed by atoms with Crippen molar-refractivity contribution in [1.29, 1.82) is 0 Å². The predicted molar refractivity (Wildman–Crippen MR) is 61.5 cm³/mol. The predicted octanol–water partition coefficient (Wildman–Crippen LogP) is 1.40. The van der Waals surface area contributed by atoms with Crippen molar-refractivity contribution >= 4 is 17.6 Å². The lowest BCUT2D eigenvalue weighted by Gasteiger charge is -2.12. The molecule has 1 aromatic rings. The number of nitrogens with two attached hydrogens (primary N) is 1. The molecule has 88 valence electrons. The van der Waals surface area contributed by atoms with Crippen LogP contribution in [0.1, 0.15) is 11.1 Å². The number of methoxy groups -OCH3 is 1. The van der Waals surface area contributed by atoms with Gasteiger partial charge in [-0.2, -0.15) is 0 Å². The van der Waals surface area contributed by atoms with Crippen LogP contribution in [-0.4, -0.2) is 24.2 Å². The Bertz CT molecular complexity index is 406. The number of halogens is 1. The van der Waals surface area contributed by atoms with Gasteiger partial charge in [0.2, 0.25) is 0 Å². The summed E-state index contributed by atoms with van der Waals surface area (Å²) >= 11 is 5.85. The van der Waals surface area contributed by atoms with E-state index in [0.717, 1.165) is 0 Å². The second kappa shape index (κ2) is 5.18. The van der Waals surface area contributed by atoms with Gasteiger partial charge in [0.05, 0.1) is 7.11 Å². The zero-order valence-electron chi connectivity index (χ0n) is 9.16. The van der Waals surface area contributed by atoms with Crippen molar-refractivity contribution in [1.82, 2.24) is 0 Å². The van der Waals surface area contributed by atoms with E-state index in [1.165, 1.54) is 7.11 Å². The molecule has 0 aliphatic heterocycles. The molecule has 0 radical (unpaired) electrons. The minimum atomic E-state index is -0.797. The Morgan fingerprint density at radius 2 is 2.25 bits per heavy atom. The first-order valence-corrected chi connectivity index (χ1v) is 5.15. The lowest BCUT2D eigenvalue weighted by molar-refractivity contribution is -0.142. The van der Waals surface area contributed by atoms with Gasteiger partial charge in [0.15, 0.2) is 0 Å². The van der Waals surface area contributed by atoms with Crippen LogP contribution in [0.3, 0.4) is 0 Å². The smallest absolute Gasteiger partial charge is 0.322 e. The van der Waals surface area contributed by atoms with Crippen LogP contribution in [0.4, 0.5) is 0 Å². The molecule has 1 unspecified atom stereocenters. The van der Waals surface area contributed by atoms with Gasteiger partial charge in [0.1, 0.15) is 11.8 Å². The topological polar surface area (TPSA) is 72.5 Å². The number of hydrogen-bond donors (Lipinski definition) is 2. The van der Waals surface area contributed by atoms with Gasteiger partial charge in [0, 0.05) is 11.4 Å². The van der Waals surface area contributed by atoms with Crippen molar-refractivity contribution in [2.75, 3.05) is 7.11 Å². The number of benzene rings is 1. The number of phenols is 1. The fourth-order valence-electron chi connectivity index (χ4n) is 1.43. The standard InChI is InChI=1S/C11H14ClNO3/c1-6-3-8(12)4-7(10(6)14)5-9(13)11(15)16-2/h3-4,9,14H,5,13H2,1-2H3. The number of rotatable bonds is 3. The molecule has 0 spiro atoms. The minimum absolute atomic E-state index is 0.115. The maximum atomic E-state index is 11.1. The lowest BCUT2D eigenvalue weighted by Crippen LogP contribution is -2.33. The summed E-state index contributed by atoms with van der Waals surface area (Å²) in [6, 6.07) is 2.44. The molecule has 0 saturated carbocycles. The Labute approximate surface area is 99.0 Å². The third-order valence-corrected chi connectivity index (χ3v) is 2.51. The quantitative estimate of drug-likeness (QED) is 0.787. The molecule has 0 aromatic heterocycles. The second-order valence-electron chi connectivity index (χ2n) is 3.56. The third kappa shape index (κ3) is 2.87. The highest BCUT2D eigenvalue weighted by Gasteiger charge is 2.17. The third-order valence-electron chi connectivity index (χ3n) is 2.29. The van der Waals surface area contributed by atoms with Gasteiger partial charge in [-0.15, -0.1) is 0 Å². The summed E-state index contributed by atoms with van der Waals surface area (Å²) in [7, 11) is 1.27. The number of carbonyl (C=O) groups is 1. The molecular formula is C11H14ClNO3. The van der Waals surface area contributed by atoms with Gasteiger partial charge >= 0.3 is 5.97 Å². The number of hydrogen-bond acceptors (Lipinski definition) is 4. The van der Waals surface area contributed by atoms with E-state index >= 15 is 0 Å². The molecule has 0 bridgehead atoms. The van der Waals surface area contributed by atoms with E-state index in [0.29, 0.717) is 16.1 Å². The Hall–Kier alpha value is -1.26. The van der Waals surface area contributed by atoms with Gasteiger partial charge in [-0.05, 0) is 30.2 Å². The summed E-state index contributed by atoms with van der Waals surface area (Å²) in [5.41, 5.74) is 6.80. The molecule has 4 nitrogen and oxygen atoms in total. The summed E-state index contributed by atoms with van der Waals surface area (Å²) in [4.78, 5) is 11.1. The molecule has 1 aromatic carbocycles. The van der Waals surface area contributed by atoms with Crippen LogP contribution in [-0.2, 0) is 16.0 Å². The number of phenolic OH excluding ortho intramolecular Hbond substituents is 1. The molecule has 0 heterocycles. The molecule has 3 N–H and O–H groups in total. The largest absolute Gasteiger partial charge is 0.507 e. The Morgan fingerprint density at radius 3 is 2.81 bits per heavy atom. The molecule has 0 aliphatic rings. The molecule has 0 amide bonds. The van der Waals surface area contributed by atoms with Crippen molar-refractivity contribution in [3.05, 3.63) is 28.3 Å². The summed E-state index contributed by atoms with van der Waals surface area (Å²) in [6.07, 6.45) is 0.194. The molecule has 0 fully saturated rings. The van der Waals surface area contributed by atoms with Crippen LogP contribution in [0.25, 0.3) is 0 Å². The van der Waals surface area contributed by atoms with Crippen LogP contribution in [0.15, 0.2) is 12.1 Å². The molecule has 1 rings (SSSR count). The van der Waals surface area contributed by atoms with E-state index in [9.17, 15) is 9.90 Å². The highest BCUT2D eigenvalue weighted by molar-refractivity contribution is 6.30. The molecule has 0 saturated heterocycles. The van der Waals surface area contributed by atoms with E-state index in [1.807, 2.05) is 0 Å². The van der Waals surface area contributed by atoms with Crippen LogP contribution in [0.2, 0.25) is 5.02 Å². The van der Waals surface area contributed by atoms with Crippen molar-refractivity contribution in [2.45, 2.75) is 19.4 Å². The van der Waals surface area contributed by atoms with Crippen LogP contribution in [0.5, 0.6) is 5.75 Å². The summed E-state index contributed by atoms with van der Waals surface area (Å²) in [5, 5.41) is 10.3. The zero-order valence-corrected chi connectivity index (χ0v) is 9.91. The lowest BCUT2D eigenvalue weighted by atomic mass is 10.0. The maximum Gasteiger partial charge on any atom is 0.322 e. The number of esters is 1. The normalized spacial score (nSPS) is 12.2. The van der Waals surface area contributed by atoms with Crippen molar-refractivity contribution in [3.63, 3.8) is 0 Å². The maximum absolute atomic E-state index is 11.1. The van der Waals surface area contributed by atoms with Gasteiger partial charge < -0.3 is 15.6 Å². The summed E-state index contributed by atoms with van der Waals surface area (Å²) in [6.45, 7) is 1.73. The fourth-order valence-corrected chi connectivity index (χ4v) is 1.73. The van der Waals surface area contributed by atoms with E-state index in [2.05, 4.69) is 4.74 Å².